The van der Waals surface area contributed by atoms with Crippen LogP contribution < -0.4 is 20.7 Å². The van der Waals surface area contributed by atoms with Gasteiger partial charge in [0, 0.05) is 18.2 Å². The highest BCUT2D eigenvalue weighted by molar-refractivity contribution is 6.30. The van der Waals surface area contributed by atoms with Crippen molar-refractivity contribution in [3.05, 3.63) is 73.6 Å². The summed E-state index contributed by atoms with van der Waals surface area (Å²) in [6, 6.07) is 4.88. The average molecular weight is 647 g/mol. The number of aromatic amines is 1. The molecule has 2 aromatic heterocycles. The summed E-state index contributed by atoms with van der Waals surface area (Å²) < 4.78 is 131. The molecule has 0 aliphatic heterocycles. The Labute approximate surface area is 237 Å². The maximum atomic E-state index is 13.9. The number of imidazole rings is 1. The first-order valence-corrected chi connectivity index (χ1v) is 12.0. The van der Waals surface area contributed by atoms with E-state index in [1.54, 1.807) is 4.98 Å². The Balaban J connectivity index is 1.84. The van der Waals surface area contributed by atoms with Crippen LogP contribution in [0, 0.1) is 5.82 Å². The van der Waals surface area contributed by atoms with E-state index in [2.05, 4.69) is 9.72 Å². The zero-order valence-electron chi connectivity index (χ0n) is 21.1. The van der Waals surface area contributed by atoms with E-state index in [1.165, 1.54) is 0 Å². The fourth-order valence-corrected chi connectivity index (χ4v) is 4.11. The Morgan fingerprint density at radius 1 is 1.05 bits per heavy atom. The summed E-state index contributed by atoms with van der Waals surface area (Å²) in [4.78, 5) is 30.4. The third-order valence-electron chi connectivity index (χ3n) is 5.93. The van der Waals surface area contributed by atoms with Crippen molar-refractivity contribution >= 4 is 22.8 Å². The lowest BCUT2D eigenvalue weighted by molar-refractivity contribution is -0.275. The van der Waals surface area contributed by atoms with Gasteiger partial charge in [0.15, 0.2) is 34.9 Å². The van der Waals surface area contributed by atoms with Gasteiger partial charge in [-0.3, -0.25) is 14.3 Å². The molecule has 0 aliphatic rings. The van der Waals surface area contributed by atoms with Gasteiger partial charge >= 0.3 is 18.2 Å². The van der Waals surface area contributed by atoms with Crippen molar-refractivity contribution in [3.63, 3.8) is 0 Å². The molecule has 0 fully saturated rings. The Morgan fingerprint density at radius 3 is 2.30 bits per heavy atom. The van der Waals surface area contributed by atoms with Crippen LogP contribution in [0.3, 0.4) is 0 Å². The summed E-state index contributed by atoms with van der Waals surface area (Å²) in [5.41, 5.74) is -4.42. The van der Waals surface area contributed by atoms with Crippen molar-refractivity contribution in [1.82, 2.24) is 19.1 Å². The number of alkyl halides is 8. The van der Waals surface area contributed by atoms with Gasteiger partial charge in [-0.05, 0) is 30.3 Å². The van der Waals surface area contributed by atoms with Crippen molar-refractivity contribution in [2.45, 2.75) is 37.7 Å². The molecule has 9 nitrogen and oxygen atoms in total. The molecule has 0 bridgehead atoms. The molecule has 0 radical (unpaired) electrons. The smallest absolute Gasteiger partial charge is 0.476 e. The molecule has 2 aromatic carbocycles. The van der Waals surface area contributed by atoms with Gasteiger partial charge in [0.2, 0.25) is 0 Å². The summed E-state index contributed by atoms with van der Waals surface area (Å²) in [5.74, 6) is -3.56. The number of halogens is 10. The van der Waals surface area contributed by atoms with Gasteiger partial charge in [-0.25, -0.2) is 22.9 Å². The third-order valence-corrected chi connectivity index (χ3v) is 6.24. The van der Waals surface area contributed by atoms with Crippen LogP contribution in [0.5, 0.6) is 11.5 Å². The maximum absolute atomic E-state index is 13.9. The number of aryl methyl sites for hydroxylation is 1. The molecule has 2 atom stereocenters. The first kappa shape index (κ1) is 31.7. The van der Waals surface area contributed by atoms with Crippen molar-refractivity contribution in [2.24, 2.45) is 7.05 Å². The molecule has 19 heteroatoms. The minimum atomic E-state index is -5.39. The fourth-order valence-electron chi connectivity index (χ4n) is 3.99. The SMILES string of the molecule is Cn1c(-c2ccc(OC(c3ccc(Cl)c(F)c3)C(F)F)c(OC(F)(F)F)c2)nc2c1c(=O)[nH]c(=O)n2CC(O)C(F)(F)F. The molecule has 2 heterocycles. The Kier molecular flexibility index (Phi) is 8.47. The van der Waals surface area contributed by atoms with E-state index >= 15 is 0 Å². The predicted molar refractivity (Wildman–Crippen MR) is 131 cm³/mol. The number of hydrogen-bond donors (Lipinski definition) is 2. The van der Waals surface area contributed by atoms with Crippen LogP contribution in [-0.2, 0) is 13.6 Å². The second kappa shape index (κ2) is 11.5. The number of H-pyrrole nitrogens is 1. The Morgan fingerprint density at radius 2 is 1.72 bits per heavy atom. The number of ether oxygens (including phenoxy) is 2. The largest absolute Gasteiger partial charge is 0.573 e. The van der Waals surface area contributed by atoms with Crippen LogP contribution in [0.15, 0.2) is 46.0 Å². The highest BCUT2D eigenvalue weighted by Crippen LogP contribution is 2.40. The monoisotopic (exact) mass is 646 g/mol. The van der Waals surface area contributed by atoms with Crippen LogP contribution in [0.4, 0.5) is 39.5 Å². The molecule has 0 spiro atoms. The van der Waals surface area contributed by atoms with Crippen molar-refractivity contribution in [3.8, 4) is 22.9 Å². The predicted octanol–water partition coefficient (Wildman–Crippen LogP) is 5.09. The highest BCUT2D eigenvalue weighted by Gasteiger charge is 2.39. The number of aromatic nitrogens is 4. The van der Waals surface area contributed by atoms with Crippen molar-refractivity contribution in [1.29, 1.82) is 0 Å². The van der Waals surface area contributed by atoms with Crippen molar-refractivity contribution < 1.29 is 54.1 Å². The molecule has 0 amide bonds. The first-order chi connectivity index (χ1) is 19.9. The van der Waals surface area contributed by atoms with E-state index < -0.39 is 88.0 Å². The molecule has 43 heavy (non-hydrogen) atoms. The van der Waals surface area contributed by atoms with Gasteiger partial charge in [-0.1, -0.05) is 17.7 Å². The molecule has 2 unspecified atom stereocenters. The standard InChI is InChI=1S/C24H16ClF9N4O5/c1-37-16-20(38(22(41)36-21(16)40)8-15(39)23(29,30)31)35-19(37)10-3-5-13(14(7-10)43-24(32,33)34)42-17(18(27)28)9-2-4-11(25)12(26)6-9/h2-7,15,17-18,39H,8H2,1H3,(H,36,40,41). The van der Waals surface area contributed by atoms with Gasteiger partial charge < -0.3 is 19.1 Å². The quantitative estimate of drug-likeness (QED) is 0.258. The number of benzene rings is 2. The van der Waals surface area contributed by atoms with E-state index in [1.807, 2.05) is 0 Å². The lowest BCUT2D eigenvalue weighted by Crippen LogP contribution is -2.39. The summed E-state index contributed by atoms with van der Waals surface area (Å²) in [5, 5.41) is 9.04. The molecule has 0 saturated carbocycles. The van der Waals surface area contributed by atoms with E-state index in [9.17, 15) is 54.2 Å². The number of fused-ring (bicyclic) bond motifs is 1. The molecular weight excluding hydrogens is 631 g/mol. The average Bonchev–Trinajstić information content (AvgIpc) is 3.23. The zero-order valence-corrected chi connectivity index (χ0v) is 21.9. The number of aliphatic hydroxyl groups excluding tert-OH is 1. The molecule has 4 rings (SSSR count). The molecule has 0 saturated heterocycles. The second-order valence-electron chi connectivity index (χ2n) is 8.85. The third kappa shape index (κ3) is 6.74. The number of nitrogens with zero attached hydrogens (tertiary/aromatic N) is 3. The van der Waals surface area contributed by atoms with Gasteiger partial charge in [-0.2, -0.15) is 13.2 Å². The van der Waals surface area contributed by atoms with E-state index in [-0.39, 0.29) is 11.4 Å². The van der Waals surface area contributed by atoms with E-state index in [0.29, 0.717) is 16.7 Å². The lowest BCUT2D eigenvalue weighted by Gasteiger charge is -2.22. The van der Waals surface area contributed by atoms with Gasteiger partial charge in [0.25, 0.3) is 12.0 Å². The minimum Gasteiger partial charge on any atom is -0.476 e. The summed E-state index contributed by atoms with van der Waals surface area (Å²) in [7, 11) is 1.14. The Hall–Kier alpha value is -4.19. The molecule has 2 N–H and O–H groups in total. The molecule has 4 aromatic rings. The normalized spacial score (nSPS) is 13.9. The van der Waals surface area contributed by atoms with Crippen LogP contribution >= 0.6 is 11.6 Å². The van der Waals surface area contributed by atoms with E-state index in [0.717, 1.165) is 35.9 Å². The van der Waals surface area contributed by atoms with Crippen LogP contribution in [0.2, 0.25) is 5.02 Å². The molecule has 0 aliphatic carbocycles. The number of rotatable bonds is 8. The second-order valence-corrected chi connectivity index (χ2v) is 9.26. The van der Waals surface area contributed by atoms with Crippen molar-refractivity contribution in [2.75, 3.05) is 0 Å². The maximum Gasteiger partial charge on any atom is 0.573 e. The van der Waals surface area contributed by atoms with Gasteiger partial charge in [0.1, 0.15) is 11.6 Å². The summed E-state index contributed by atoms with van der Waals surface area (Å²) >= 11 is 5.55. The molecule has 232 valence electrons. The van der Waals surface area contributed by atoms with Gasteiger partial charge in [-0.15, -0.1) is 13.2 Å². The fraction of sp³-hybridized carbons (Fsp3) is 0.292. The minimum absolute atomic E-state index is 0.300. The zero-order chi connectivity index (χ0) is 32.0. The van der Waals surface area contributed by atoms with Gasteiger partial charge in [0.05, 0.1) is 11.6 Å². The van der Waals surface area contributed by atoms with Crippen LogP contribution in [-0.4, -0.2) is 49.3 Å². The highest BCUT2D eigenvalue weighted by atomic mass is 35.5. The topological polar surface area (TPSA) is 111 Å². The first-order valence-electron chi connectivity index (χ1n) is 11.6. The van der Waals surface area contributed by atoms with Crippen LogP contribution in [0.25, 0.3) is 22.6 Å². The Bertz CT molecular complexity index is 1780. The molecular formula is C24H16ClF9N4O5. The summed E-state index contributed by atoms with van der Waals surface area (Å²) in [6.45, 7) is -1.39. The van der Waals surface area contributed by atoms with Crippen LogP contribution in [0.1, 0.15) is 11.7 Å². The lowest BCUT2D eigenvalue weighted by atomic mass is 10.1. The summed E-state index contributed by atoms with van der Waals surface area (Å²) in [6.07, 6.45) is -19.3. The number of aliphatic hydroxyl groups is 1. The number of nitrogens with one attached hydrogen (secondary N) is 1. The number of hydrogen-bond acceptors (Lipinski definition) is 6. The van der Waals surface area contributed by atoms with E-state index in [4.69, 9.17) is 16.3 Å².